The summed E-state index contributed by atoms with van der Waals surface area (Å²) in [7, 11) is 1.80. The monoisotopic (exact) mass is 230 g/mol. The molecule has 2 aromatic rings. The smallest absolute Gasteiger partial charge is 0.128 e. The molecule has 0 atom stereocenters. The lowest BCUT2D eigenvalue weighted by molar-refractivity contribution is 0.601. The third-order valence-corrected chi connectivity index (χ3v) is 2.66. The summed E-state index contributed by atoms with van der Waals surface area (Å²) in [6, 6.07) is 9.16. The van der Waals surface area contributed by atoms with Gasteiger partial charge in [0.2, 0.25) is 0 Å². The molecule has 0 fully saturated rings. The second-order valence-corrected chi connectivity index (χ2v) is 4.02. The summed E-state index contributed by atoms with van der Waals surface area (Å²) in [6.07, 6.45) is 1.77. The van der Waals surface area contributed by atoms with Crippen LogP contribution in [0.4, 0.5) is 4.39 Å². The Bertz CT molecular complexity index is 506. The Morgan fingerprint density at radius 1 is 1.18 bits per heavy atom. The van der Waals surface area contributed by atoms with Gasteiger partial charge < -0.3 is 5.32 Å². The molecule has 17 heavy (non-hydrogen) atoms. The Balaban J connectivity index is 2.34. The second-order valence-electron chi connectivity index (χ2n) is 4.02. The molecule has 0 amide bonds. The summed E-state index contributed by atoms with van der Waals surface area (Å²) in [4.78, 5) is 4.21. The highest BCUT2D eigenvalue weighted by Crippen LogP contribution is 2.21. The lowest BCUT2D eigenvalue weighted by atomic mass is 10.0. The lowest BCUT2D eigenvalue weighted by Crippen LogP contribution is -2.06. The van der Waals surface area contributed by atoms with E-state index in [1.807, 2.05) is 25.1 Å². The normalized spacial score (nSPS) is 10.5. The molecule has 0 radical (unpaired) electrons. The van der Waals surface area contributed by atoms with E-state index in [0.717, 1.165) is 16.8 Å². The van der Waals surface area contributed by atoms with Crippen LogP contribution in [0.25, 0.3) is 11.1 Å². The van der Waals surface area contributed by atoms with Gasteiger partial charge in [-0.3, -0.25) is 4.98 Å². The summed E-state index contributed by atoms with van der Waals surface area (Å²) in [5.41, 5.74) is 3.43. The van der Waals surface area contributed by atoms with Gasteiger partial charge in [-0.1, -0.05) is 18.2 Å². The molecule has 2 nitrogen and oxygen atoms in total. The quantitative estimate of drug-likeness (QED) is 0.877. The third kappa shape index (κ3) is 2.68. The number of rotatable bonds is 3. The second kappa shape index (κ2) is 5.06. The van der Waals surface area contributed by atoms with Crippen LogP contribution < -0.4 is 5.32 Å². The number of hydrogen-bond acceptors (Lipinski definition) is 2. The number of nitrogens with one attached hydrogen (secondary N) is 1. The first-order valence-corrected chi connectivity index (χ1v) is 5.57. The maximum atomic E-state index is 13.7. The molecular weight excluding hydrogens is 215 g/mol. The predicted molar refractivity (Wildman–Crippen MR) is 67.1 cm³/mol. The minimum Gasteiger partial charge on any atom is -0.316 e. The first-order valence-electron chi connectivity index (χ1n) is 5.57. The van der Waals surface area contributed by atoms with Gasteiger partial charge in [-0.25, -0.2) is 4.39 Å². The summed E-state index contributed by atoms with van der Waals surface area (Å²) >= 11 is 0. The van der Waals surface area contributed by atoms with Crippen molar-refractivity contribution in [2.75, 3.05) is 7.05 Å². The van der Waals surface area contributed by atoms with Gasteiger partial charge in [0.1, 0.15) is 5.82 Å². The van der Waals surface area contributed by atoms with Crippen LogP contribution in [0.5, 0.6) is 0 Å². The fourth-order valence-electron chi connectivity index (χ4n) is 1.70. The molecule has 88 valence electrons. The number of aromatic nitrogens is 1. The lowest BCUT2D eigenvalue weighted by Gasteiger charge is -2.06. The SMILES string of the molecule is CNCc1ccc(-c2ccc(C)nc2)cc1F. The number of halogens is 1. The van der Waals surface area contributed by atoms with Crippen molar-refractivity contribution in [2.45, 2.75) is 13.5 Å². The average Bonchev–Trinajstić information content (AvgIpc) is 2.33. The molecule has 1 aromatic carbocycles. The van der Waals surface area contributed by atoms with Crippen molar-refractivity contribution in [2.24, 2.45) is 0 Å². The van der Waals surface area contributed by atoms with E-state index in [2.05, 4.69) is 10.3 Å². The van der Waals surface area contributed by atoms with Gasteiger partial charge in [0.05, 0.1) is 0 Å². The maximum absolute atomic E-state index is 13.7. The zero-order chi connectivity index (χ0) is 12.3. The minimum absolute atomic E-state index is 0.183. The molecule has 0 aliphatic rings. The van der Waals surface area contributed by atoms with Crippen molar-refractivity contribution in [1.29, 1.82) is 0 Å². The highest BCUT2D eigenvalue weighted by molar-refractivity contribution is 5.62. The zero-order valence-electron chi connectivity index (χ0n) is 10.00. The Hall–Kier alpha value is -1.74. The van der Waals surface area contributed by atoms with E-state index >= 15 is 0 Å². The molecule has 1 N–H and O–H groups in total. The third-order valence-electron chi connectivity index (χ3n) is 2.66. The predicted octanol–water partition coefficient (Wildman–Crippen LogP) is 2.92. The van der Waals surface area contributed by atoms with Crippen LogP contribution in [0.3, 0.4) is 0 Å². The molecule has 0 saturated carbocycles. The first-order chi connectivity index (χ1) is 8.20. The minimum atomic E-state index is -0.183. The number of aryl methyl sites for hydroxylation is 1. The van der Waals surface area contributed by atoms with Crippen molar-refractivity contribution >= 4 is 0 Å². The van der Waals surface area contributed by atoms with Crippen LogP contribution in [0, 0.1) is 12.7 Å². The van der Waals surface area contributed by atoms with Crippen LogP contribution in [-0.4, -0.2) is 12.0 Å². The van der Waals surface area contributed by atoms with Crippen molar-refractivity contribution in [3.05, 3.63) is 53.6 Å². The summed E-state index contributed by atoms with van der Waals surface area (Å²) in [5, 5.41) is 2.94. The summed E-state index contributed by atoms with van der Waals surface area (Å²) in [6.45, 7) is 2.47. The van der Waals surface area contributed by atoms with Crippen molar-refractivity contribution in [3.63, 3.8) is 0 Å². The van der Waals surface area contributed by atoms with E-state index in [1.54, 1.807) is 25.4 Å². The maximum Gasteiger partial charge on any atom is 0.128 e. The Kier molecular flexibility index (Phi) is 3.49. The number of nitrogens with zero attached hydrogens (tertiary/aromatic N) is 1. The van der Waals surface area contributed by atoms with E-state index < -0.39 is 0 Å². The standard InChI is InChI=1S/C14H15FN2/c1-10-3-4-12(9-17-10)11-5-6-13(8-16-2)14(15)7-11/h3-7,9,16H,8H2,1-2H3. The van der Waals surface area contributed by atoms with Crippen LogP contribution >= 0.6 is 0 Å². The summed E-state index contributed by atoms with van der Waals surface area (Å²) < 4.78 is 13.7. The van der Waals surface area contributed by atoms with Crippen LogP contribution in [-0.2, 0) is 6.54 Å². The Labute approximate surface area is 101 Å². The zero-order valence-corrected chi connectivity index (χ0v) is 10.00. The molecule has 0 aliphatic carbocycles. The fourth-order valence-corrected chi connectivity index (χ4v) is 1.70. The van der Waals surface area contributed by atoms with Gasteiger partial charge in [0.15, 0.2) is 0 Å². The van der Waals surface area contributed by atoms with E-state index in [1.165, 1.54) is 0 Å². The van der Waals surface area contributed by atoms with Gasteiger partial charge in [-0.2, -0.15) is 0 Å². The molecule has 0 bridgehead atoms. The van der Waals surface area contributed by atoms with E-state index in [0.29, 0.717) is 12.1 Å². The molecule has 0 spiro atoms. The van der Waals surface area contributed by atoms with E-state index in [-0.39, 0.29) is 5.82 Å². The highest BCUT2D eigenvalue weighted by atomic mass is 19.1. The van der Waals surface area contributed by atoms with Gasteiger partial charge >= 0.3 is 0 Å². The average molecular weight is 230 g/mol. The molecular formula is C14H15FN2. The first kappa shape index (κ1) is 11.7. The van der Waals surface area contributed by atoms with E-state index in [4.69, 9.17) is 0 Å². The van der Waals surface area contributed by atoms with Gasteiger partial charge in [-0.05, 0) is 31.7 Å². The molecule has 0 unspecified atom stereocenters. The fraction of sp³-hybridized carbons (Fsp3) is 0.214. The molecule has 1 aromatic heterocycles. The molecule has 0 aliphatic heterocycles. The van der Waals surface area contributed by atoms with Gasteiger partial charge in [0.25, 0.3) is 0 Å². The van der Waals surface area contributed by atoms with Crippen molar-refractivity contribution < 1.29 is 4.39 Å². The van der Waals surface area contributed by atoms with Crippen LogP contribution in [0.15, 0.2) is 36.5 Å². The van der Waals surface area contributed by atoms with E-state index in [9.17, 15) is 4.39 Å². The van der Waals surface area contributed by atoms with Crippen LogP contribution in [0.1, 0.15) is 11.3 Å². The molecule has 0 saturated heterocycles. The number of hydrogen-bond donors (Lipinski definition) is 1. The van der Waals surface area contributed by atoms with Crippen molar-refractivity contribution in [1.82, 2.24) is 10.3 Å². The van der Waals surface area contributed by atoms with Crippen molar-refractivity contribution in [3.8, 4) is 11.1 Å². The van der Waals surface area contributed by atoms with Gasteiger partial charge in [-0.15, -0.1) is 0 Å². The molecule has 3 heteroatoms. The number of pyridine rings is 1. The van der Waals surface area contributed by atoms with Gasteiger partial charge in [0, 0.05) is 29.6 Å². The number of benzene rings is 1. The summed E-state index contributed by atoms with van der Waals surface area (Å²) in [5.74, 6) is -0.183. The highest BCUT2D eigenvalue weighted by Gasteiger charge is 2.04. The topological polar surface area (TPSA) is 24.9 Å². The molecule has 1 heterocycles. The Morgan fingerprint density at radius 2 is 1.94 bits per heavy atom. The molecule has 2 rings (SSSR count). The van der Waals surface area contributed by atoms with Crippen LogP contribution in [0.2, 0.25) is 0 Å². The Morgan fingerprint density at radius 3 is 2.53 bits per heavy atom. The largest absolute Gasteiger partial charge is 0.316 e.